The average molecular weight is 394 g/mol. The number of carbonyl (C=O) groups is 4. The van der Waals surface area contributed by atoms with Crippen LogP contribution >= 0.6 is 11.3 Å². The summed E-state index contributed by atoms with van der Waals surface area (Å²) in [6.07, 6.45) is 2.38. The molecular weight excluding hydrogens is 372 g/mol. The van der Waals surface area contributed by atoms with Crippen molar-refractivity contribution in [1.29, 1.82) is 0 Å². The number of carboxylic acid groups (broad SMARTS) is 1. The molecule has 9 heteroatoms. The van der Waals surface area contributed by atoms with Gasteiger partial charge in [-0.15, -0.1) is 11.3 Å². The third-order valence-electron chi connectivity index (χ3n) is 5.60. The molecule has 0 aromatic carbocycles. The standard InChI is InChI=1S/C18H22N2O6S/c1-3-26-18(25)13-7(2)10(14(19)21)16(27-13)20-15(22)11-8-4-5-9(6-8)12(11)17(23)24/h8-9,11-12H,3-6H2,1-2H3,(H2,19,21)(H,20,22)(H,23,24)/t8-,9-,11-,12+/m0/s1. The summed E-state index contributed by atoms with van der Waals surface area (Å²) >= 11 is 0.925. The lowest BCUT2D eigenvalue weighted by molar-refractivity contribution is -0.148. The third-order valence-corrected chi connectivity index (χ3v) is 6.78. The first kappa shape index (κ1) is 19.3. The Bertz CT molecular complexity index is 817. The molecule has 1 aromatic heterocycles. The van der Waals surface area contributed by atoms with Gasteiger partial charge >= 0.3 is 11.9 Å². The number of aliphatic carboxylic acids is 1. The first-order valence-corrected chi connectivity index (χ1v) is 9.71. The van der Waals surface area contributed by atoms with Crippen molar-refractivity contribution in [3.05, 3.63) is 16.0 Å². The maximum Gasteiger partial charge on any atom is 0.348 e. The molecule has 8 nitrogen and oxygen atoms in total. The van der Waals surface area contributed by atoms with Crippen molar-refractivity contribution in [2.24, 2.45) is 29.4 Å². The first-order valence-electron chi connectivity index (χ1n) is 8.90. The van der Waals surface area contributed by atoms with E-state index in [0.29, 0.717) is 5.56 Å². The van der Waals surface area contributed by atoms with Crippen LogP contribution in [-0.2, 0) is 14.3 Å². The lowest BCUT2D eigenvalue weighted by Gasteiger charge is -2.26. The average Bonchev–Trinajstić information content (AvgIpc) is 3.27. The topological polar surface area (TPSA) is 136 Å². The van der Waals surface area contributed by atoms with E-state index in [4.69, 9.17) is 10.5 Å². The molecular formula is C18H22N2O6S. The summed E-state index contributed by atoms with van der Waals surface area (Å²) in [5.41, 5.74) is 5.85. The van der Waals surface area contributed by atoms with Crippen LogP contribution in [0.2, 0.25) is 0 Å². The Morgan fingerprint density at radius 2 is 1.85 bits per heavy atom. The van der Waals surface area contributed by atoms with E-state index in [0.717, 1.165) is 30.6 Å². The van der Waals surface area contributed by atoms with Gasteiger partial charge in [-0.25, -0.2) is 4.79 Å². The van der Waals surface area contributed by atoms with Gasteiger partial charge in [-0.1, -0.05) is 0 Å². The van der Waals surface area contributed by atoms with Crippen LogP contribution in [0.4, 0.5) is 5.00 Å². The van der Waals surface area contributed by atoms with E-state index in [9.17, 15) is 24.3 Å². The van der Waals surface area contributed by atoms with Gasteiger partial charge in [0.2, 0.25) is 5.91 Å². The second-order valence-corrected chi connectivity index (χ2v) is 8.08. The third kappa shape index (κ3) is 3.31. The molecule has 0 spiro atoms. The molecule has 4 N–H and O–H groups in total. The predicted octanol–water partition coefficient (Wildman–Crippen LogP) is 2.02. The summed E-state index contributed by atoms with van der Waals surface area (Å²) in [6, 6.07) is 0. The minimum atomic E-state index is -0.966. The van der Waals surface area contributed by atoms with Gasteiger partial charge in [0.15, 0.2) is 0 Å². The molecule has 27 heavy (non-hydrogen) atoms. The number of esters is 1. The van der Waals surface area contributed by atoms with E-state index in [1.807, 2.05) is 0 Å². The van der Waals surface area contributed by atoms with Crippen LogP contribution in [0.3, 0.4) is 0 Å². The number of rotatable bonds is 6. The summed E-state index contributed by atoms with van der Waals surface area (Å²) in [5.74, 6) is -4.08. The molecule has 1 aromatic rings. The molecule has 0 aliphatic heterocycles. The molecule has 2 aliphatic carbocycles. The smallest absolute Gasteiger partial charge is 0.348 e. The molecule has 2 bridgehead atoms. The van der Waals surface area contributed by atoms with Crippen molar-refractivity contribution in [1.82, 2.24) is 0 Å². The highest BCUT2D eigenvalue weighted by Crippen LogP contribution is 2.53. The lowest BCUT2D eigenvalue weighted by Crippen LogP contribution is -2.38. The quantitative estimate of drug-likeness (QED) is 0.632. The summed E-state index contributed by atoms with van der Waals surface area (Å²) in [4.78, 5) is 48.7. The minimum Gasteiger partial charge on any atom is -0.481 e. The Hall–Kier alpha value is -2.42. The Kier molecular flexibility index (Phi) is 5.23. The molecule has 2 amide bonds. The normalized spacial score (nSPS) is 26.0. The van der Waals surface area contributed by atoms with Gasteiger partial charge in [-0.2, -0.15) is 0 Å². The van der Waals surface area contributed by atoms with Crippen molar-refractivity contribution >= 4 is 40.1 Å². The Balaban J connectivity index is 1.89. The van der Waals surface area contributed by atoms with E-state index in [-0.39, 0.29) is 33.9 Å². The summed E-state index contributed by atoms with van der Waals surface area (Å²) < 4.78 is 4.98. The largest absolute Gasteiger partial charge is 0.481 e. The Morgan fingerprint density at radius 1 is 1.22 bits per heavy atom. The van der Waals surface area contributed by atoms with Gasteiger partial charge in [0.05, 0.1) is 24.0 Å². The molecule has 0 radical (unpaired) electrons. The van der Waals surface area contributed by atoms with Gasteiger partial charge in [-0.05, 0) is 50.5 Å². The zero-order valence-electron chi connectivity index (χ0n) is 15.1. The highest BCUT2D eigenvalue weighted by Gasteiger charge is 2.54. The molecule has 2 saturated carbocycles. The predicted molar refractivity (Wildman–Crippen MR) is 97.6 cm³/mol. The SMILES string of the molecule is CCOC(=O)c1sc(NC(=O)[C@H]2[C@H]3CC[C@@H](C3)[C@H]2C(=O)O)c(C(N)=O)c1C. The number of anilines is 1. The number of primary amides is 1. The number of ether oxygens (including phenoxy) is 1. The number of carbonyl (C=O) groups excluding carboxylic acids is 3. The van der Waals surface area contributed by atoms with Crippen molar-refractivity contribution in [3.8, 4) is 0 Å². The number of nitrogens with one attached hydrogen (secondary N) is 1. The number of nitrogens with two attached hydrogens (primary N) is 1. The number of thiophene rings is 1. The second kappa shape index (κ2) is 7.30. The number of amides is 2. The molecule has 0 unspecified atom stereocenters. The maximum atomic E-state index is 12.9. The highest BCUT2D eigenvalue weighted by atomic mass is 32.1. The van der Waals surface area contributed by atoms with Crippen molar-refractivity contribution < 1.29 is 29.0 Å². The summed E-state index contributed by atoms with van der Waals surface area (Å²) in [6.45, 7) is 3.41. The molecule has 2 aliphatic rings. The molecule has 146 valence electrons. The van der Waals surface area contributed by atoms with Crippen LogP contribution in [0, 0.1) is 30.6 Å². The molecule has 4 atom stereocenters. The van der Waals surface area contributed by atoms with Gasteiger partial charge in [0, 0.05) is 0 Å². The van der Waals surface area contributed by atoms with Gasteiger partial charge in [0.1, 0.15) is 9.88 Å². The summed E-state index contributed by atoms with van der Waals surface area (Å²) in [5, 5.41) is 12.4. The van der Waals surface area contributed by atoms with E-state index < -0.39 is 35.6 Å². The number of fused-ring (bicyclic) bond motifs is 2. The molecule has 1 heterocycles. The molecule has 0 saturated heterocycles. The van der Waals surface area contributed by atoms with Crippen LogP contribution in [0.1, 0.15) is 51.8 Å². The van der Waals surface area contributed by atoms with Crippen LogP contribution in [0.15, 0.2) is 0 Å². The Labute approximate surface area is 160 Å². The number of hydrogen-bond acceptors (Lipinski definition) is 6. The van der Waals surface area contributed by atoms with Crippen molar-refractivity contribution in [2.45, 2.75) is 33.1 Å². The zero-order chi connectivity index (χ0) is 19.9. The summed E-state index contributed by atoms with van der Waals surface area (Å²) in [7, 11) is 0. The highest BCUT2D eigenvalue weighted by molar-refractivity contribution is 7.18. The monoisotopic (exact) mass is 394 g/mol. The van der Waals surface area contributed by atoms with Gasteiger partial charge < -0.3 is 20.9 Å². The second-order valence-electron chi connectivity index (χ2n) is 7.06. The van der Waals surface area contributed by atoms with E-state index >= 15 is 0 Å². The fourth-order valence-corrected chi connectivity index (χ4v) is 5.62. The maximum absolute atomic E-state index is 12.9. The van der Waals surface area contributed by atoms with E-state index in [1.54, 1.807) is 13.8 Å². The number of hydrogen-bond donors (Lipinski definition) is 3. The number of carboxylic acids is 1. The Morgan fingerprint density at radius 3 is 2.41 bits per heavy atom. The van der Waals surface area contributed by atoms with Crippen molar-refractivity contribution in [3.63, 3.8) is 0 Å². The zero-order valence-corrected chi connectivity index (χ0v) is 15.9. The minimum absolute atomic E-state index is 0.0130. The molecule has 2 fully saturated rings. The van der Waals surface area contributed by atoms with Crippen molar-refractivity contribution in [2.75, 3.05) is 11.9 Å². The van der Waals surface area contributed by atoms with E-state index in [1.165, 1.54) is 0 Å². The van der Waals surface area contributed by atoms with Gasteiger partial charge in [-0.3, -0.25) is 14.4 Å². The van der Waals surface area contributed by atoms with E-state index in [2.05, 4.69) is 5.32 Å². The molecule has 3 rings (SSSR count). The van der Waals surface area contributed by atoms with Crippen LogP contribution < -0.4 is 11.1 Å². The fraction of sp³-hybridized carbons (Fsp3) is 0.556. The lowest BCUT2D eigenvalue weighted by atomic mass is 9.79. The van der Waals surface area contributed by atoms with Crippen LogP contribution in [0.25, 0.3) is 0 Å². The fourth-order valence-electron chi connectivity index (χ4n) is 4.51. The van der Waals surface area contributed by atoms with Gasteiger partial charge in [0.25, 0.3) is 5.91 Å². The van der Waals surface area contributed by atoms with Crippen LogP contribution in [0.5, 0.6) is 0 Å². The van der Waals surface area contributed by atoms with Crippen LogP contribution in [-0.4, -0.2) is 35.5 Å². The first-order chi connectivity index (χ1) is 12.8.